The number of sulfonamides is 1. The van der Waals surface area contributed by atoms with Crippen molar-refractivity contribution in [3.63, 3.8) is 0 Å². The summed E-state index contributed by atoms with van der Waals surface area (Å²) in [4.78, 5) is 0.159. The first-order valence-corrected chi connectivity index (χ1v) is 8.58. The highest BCUT2D eigenvalue weighted by atomic mass is 32.2. The summed E-state index contributed by atoms with van der Waals surface area (Å²) >= 11 is 0. The summed E-state index contributed by atoms with van der Waals surface area (Å²) in [6.07, 6.45) is 2.42. The Morgan fingerprint density at radius 2 is 1.90 bits per heavy atom. The normalized spacial score (nSPS) is 18.9. The SMILES string of the molecule is CC(NCC1CCNCC1)c1ccc(S(N)(=O)=O)cc1. The highest BCUT2D eigenvalue weighted by Crippen LogP contribution is 2.17. The molecule has 112 valence electrons. The van der Waals surface area contributed by atoms with Gasteiger partial charge in [-0.1, -0.05) is 12.1 Å². The number of hydrogen-bond acceptors (Lipinski definition) is 4. The fraction of sp³-hybridized carbons (Fsp3) is 0.571. The largest absolute Gasteiger partial charge is 0.317 e. The molecule has 1 aliphatic heterocycles. The second-order valence-electron chi connectivity index (χ2n) is 5.44. The Labute approximate surface area is 121 Å². The first kappa shape index (κ1) is 15.4. The van der Waals surface area contributed by atoms with Gasteiger partial charge in [0, 0.05) is 6.04 Å². The van der Waals surface area contributed by atoms with Gasteiger partial charge < -0.3 is 10.6 Å². The van der Waals surface area contributed by atoms with Crippen molar-refractivity contribution >= 4 is 10.0 Å². The van der Waals surface area contributed by atoms with Crippen molar-refractivity contribution in [3.05, 3.63) is 29.8 Å². The van der Waals surface area contributed by atoms with Crippen LogP contribution in [-0.2, 0) is 10.0 Å². The highest BCUT2D eigenvalue weighted by Gasteiger charge is 2.15. The van der Waals surface area contributed by atoms with Crippen LogP contribution in [0.15, 0.2) is 29.2 Å². The molecule has 6 heteroatoms. The summed E-state index contributed by atoms with van der Waals surface area (Å²) in [5, 5.41) is 12.0. The van der Waals surface area contributed by atoms with Crippen LogP contribution in [0.2, 0.25) is 0 Å². The molecule has 0 radical (unpaired) electrons. The molecule has 1 aliphatic rings. The van der Waals surface area contributed by atoms with Crippen LogP contribution in [0.5, 0.6) is 0 Å². The number of benzene rings is 1. The quantitative estimate of drug-likeness (QED) is 0.756. The van der Waals surface area contributed by atoms with Gasteiger partial charge in [0.15, 0.2) is 0 Å². The Morgan fingerprint density at radius 1 is 1.30 bits per heavy atom. The molecule has 1 aromatic rings. The maximum Gasteiger partial charge on any atom is 0.238 e. The van der Waals surface area contributed by atoms with E-state index in [1.165, 1.54) is 12.8 Å². The summed E-state index contributed by atoms with van der Waals surface area (Å²) in [5.41, 5.74) is 1.08. The van der Waals surface area contributed by atoms with Crippen molar-refractivity contribution in [1.82, 2.24) is 10.6 Å². The number of nitrogens with two attached hydrogens (primary N) is 1. The molecule has 4 N–H and O–H groups in total. The third-order valence-electron chi connectivity index (χ3n) is 3.88. The third kappa shape index (κ3) is 4.28. The van der Waals surface area contributed by atoms with Gasteiger partial charge >= 0.3 is 0 Å². The lowest BCUT2D eigenvalue weighted by Gasteiger charge is -2.25. The smallest absolute Gasteiger partial charge is 0.238 e. The molecule has 1 atom stereocenters. The van der Waals surface area contributed by atoms with Crippen LogP contribution in [-0.4, -0.2) is 28.1 Å². The Hall–Kier alpha value is -0.950. The highest BCUT2D eigenvalue weighted by molar-refractivity contribution is 7.89. The van der Waals surface area contributed by atoms with Gasteiger partial charge in [-0.2, -0.15) is 0 Å². The first-order valence-electron chi connectivity index (χ1n) is 7.03. The van der Waals surface area contributed by atoms with Crippen LogP contribution in [0.4, 0.5) is 0 Å². The van der Waals surface area contributed by atoms with Crippen molar-refractivity contribution < 1.29 is 8.42 Å². The van der Waals surface area contributed by atoms with E-state index in [9.17, 15) is 8.42 Å². The molecule has 1 fully saturated rings. The van der Waals surface area contributed by atoms with Crippen LogP contribution >= 0.6 is 0 Å². The summed E-state index contributed by atoms with van der Waals surface area (Å²) in [7, 11) is -3.60. The van der Waals surface area contributed by atoms with Gasteiger partial charge in [0.2, 0.25) is 10.0 Å². The van der Waals surface area contributed by atoms with Gasteiger partial charge in [0.25, 0.3) is 0 Å². The van der Waals surface area contributed by atoms with Crippen molar-refractivity contribution in [1.29, 1.82) is 0 Å². The molecule has 0 bridgehead atoms. The number of rotatable bonds is 5. The van der Waals surface area contributed by atoms with Crippen molar-refractivity contribution in [2.45, 2.75) is 30.7 Å². The van der Waals surface area contributed by atoms with E-state index in [1.54, 1.807) is 12.1 Å². The lowest BCUT2D eigenvalue weighted by atomic mass is 9.97. The summed E-state index contributed by atoms with van der Waals surface area (Å²) < 4.78 is 22.4. The Morgan fingerprint density at radius 3 is 2.45 bits per heavy atom. The molecule has 1 saturated heterocycles. The Balaban J connectivity index is 1.90. The van der Waals surface area contributed by atoms with Gasteiger partial charge in [-0.3, -0.25) is 0 Å². The van der Waals surface area contributed by atoms with Gasteiger partial charge in [0.05, 0.1) is 4.90 Å². The predicted octanol–water partition coefficient (Wildman–Crippen LogP) is 0.984. The first-order chi connectivity index (χ1) is 9.47. The molecule has 1 unspecified atom stereocenters. The predicted molar refractivity (Wildman–Crippen MR) is 79.8 cm³/mol. The zero-order valence-corrected chi connectivity index (χ0v) is 12.6. The van der Waals surface area contributed by atoms with E-state index in [0.717, 1.165) is 31.1 Å². The maximum absolute atomic E-state index is 11.2. The minimum absolute atomic E-state index is 0.159. The fourth-order valence-corrected chi connectivity index (χ4v) is 3.01. The van der Waals surface area contributed by atoms with Gasteiger partial charge in [-0.15, -0.1) is 0 Å². The zero-order chi connectivity index (χ0) is 14.6. The number of hydrogen-bond donors (Lipinski definition) is 3. The van der Waals surface area contributed by atoms with Crippen LogP contribution in [0.1, 0.15) is 31.4 Å². The molecule has 1 heterocycles. The van der Waals surface area contributed by atoms with E-state index < -0.39 is 10.0 Å². The molecule has 5 nitrogen and oxygen atoms in total. The number of primary sulfonamides is 1. The van der Waals surface area contributed by atoms with Crippen LogP contribution in [0.3, 0.4) is 0 Å². The summed E-state index contributed by atoms with van der Waals surface area (Å²) in [6.45, 7) is 5.29. The van der Waals surface area contributed by atoms with E-state index in [1.807, 2.05) is 12.1 Å². The second-order valence-corrected chi connectivity index (χ2v) is 7.00. The second kappa shape index (κ2) is 6.67. The van der Waals surface area contributed by atoms with Crippen LogP contribution in [0.25, 0.3) is 0 Å². The molecule has 0 aromatic heterocycles. The maximum atomic E-state index is 11.2. The van der Waals surface area contributed by atoms with Crippen molar-refractivity contribution in [3.8, 4) is 0 Å². The van der Waals surface area contributed by atoms with Crippen LogP contribution in [0, 0.1) is 5.92 Å². The summed E-state index contributed by atoms with van der Waals surface area (Å²) in [6, 6.07) is 6.97. The van der Waals surface area contributed by atoms with E-state index >= 15 is 0 Å². The van der Waals surface area contributed by atoms with Crippen molar-refractivity contribution in [2.75, 3.05) is 19.6 Å². The van der Waals surface area contributed by atoms with E-state index in [4.69, 9.17) is 5.14 Å². The molecule has 0 saturated carbocycles. The average Bonchev–Trinajstić information content (AvgIpc) is 2.45. The fourth-order valence-electron chi connectivity index (χ4n) is 2.49. The topological polar surface area (TPSA) is 84.2 Å². The molecular formula is C14H23N3O2S. The molecule has 2 rings (SSSR count). The van der Waals surface area contributed by atoms with E-state index in [-0.39, 0.29) is 10.9 Å². The average molecular weight is 297 g/mol. The van der Waals surface area contributed by atoms with Crippen LogP contribution < -0.4 is 15.8 Å². The molecule has 0 spiro atoms. The monoisotopic (exact) mass is 297 g/mol. The standard InChI is InChI=1S/C14H23N3O2S/c1-11(17-10-12-6-8-16-9-7-12)13-2-4-14(5-3-13)20(15,18)19/h2-5,11-12,16-17H,6-10H2,1H3,(H2,15,18,19). The lowest BCUT2D eigenvalue weighted by Crippen LogP contribution is -2.34. The van der Waals surface area contributed by atoms with Crippen molar-refractivity contribution in [2.24, 2.45) is 11.1 Å². The lowest BCUT2D eigenvalue weighted by molar-refractivity contribution is 0.345. The minimum Gasteiger partial charge on any atom is -0.317 e. The molecule has 0 amide bonds. The van der Waals surface area contributed by atoms with E-state index in [2.05, 4.69) is 17.6 Å². The van der Waals surface area contributed by atoms with E-state index in [0.29, 0.717) is 0 Å². The molecule has 1 aromatic carbocycles. The molecular weight excluding hydrogens is 274 g/mol. The zero-order valence-electron chi connectivity index (χ0n) is 11.8. The Kier molecular flexibility index (Phi) is 5.15. The molecule has 20 heavy (non-hydrogen) atoms. The Bertz CT molecular complexity index is 522. The van der Waals surface area contributed by atoms with Gasteiger partial charge in [-0.25, -0.2) is 13.6 Å². The van der Waals surface area contributed by atoms with Gasteiger partial charge in [-0.05, 0) is 63.0 Å². The van der Waals surface area contributed by atoms with Gasteiger partial charge in [0.1, 0.15) is 0 Å². The summed E-state index contributed by atoms with van der Waals surface area (Å²) in [5.74, 6) is 0.724. The number of piperidine rings is 1. The third-order valence-corrected chi connectivity index (χ3v) is 4.81. The minimum atomic E-state index is -3.60. The molecule has 0 aliphatic carbocycles. The number of nitrogens with one attached hydrogen (secondary N) is 2.